The molecule has 0 amide bonds. The maximum absolute atomic E-state index is 13.9. The van der Waals surface area contributed by atoms with Crippen LogP contribution in [0.4, 0.5) is 0 Å². The molecule has 0 unspecified atom stereocenters. The van der Waals surface area contributed by atoms with Gasteiger partial charge in [0, 0.05) is 24.3 Å². The molecule has 4 heterocycles. The molecule has 0 N–H and O–H groups in total. The fourth-order valence-electron chi connectivity index (χ4n) is 8.43. The van der Waals surface area contributed by atoms with E-state index in [2.05, 4.69) is 46.7 Å². The Kier molecular flexibility index (Phi) is 14.0. The number of nitrogens with zero attached hydrogens (tertiary/aromatic N) is 1. The molecule has 0 aliphatic carbocycles. The van der Waals surface area contributed by atoms with E-state index in [1.54, 1.807) is 0 Å². The molecule has 4 fully saturated rings. The molecule has 8 heteroatoms. The third kappa shape index (κ3) is 9.45. The van der Waals surface area contributed by atoms with Crippen molar-refractivity contribution >= 4 is 11.9 Å². The molecule has 4 saturated heterocycles. The van der Waals surface area contributed by atoms with Crippen molar-refractivity contribution in [1.82, 2.24) is 4.90 Å². The standard InChI is InChI=1S/C37H65NO7/c1-9-12-14-26(38(7)8)21-28-16-18-34(42-28)30(11-3)35-23(4)31-19-20-33(44-31)25(6)36(39)43-27(13-10-2)22-29-15-17-32(41-29)24(5)37(40)45-35/h23-35H,9-22H2,1-8H3/t23-,24+,25-,26+,27-,28+,29+,30-,31-,32-,33-,34-,35-/m1/s1. The number of cyclic esters (lactones) is 2. The first-order valence-corrected chi connectivity index (χ1v) is 18.6. The van der Waals surface area contributed by atoms with Gasteiger partial charge in [-0.3, -0.25) is 9.59 Å². The smallest absolute Gasteiger partial charge is 0.311 e. The first-order chi connectivity index (χ1) is 21.6. The second-order valence-corrected chi connectivity index (χ2v) is 15.0. The molecule has 45 heavy (non-hydrogen) atoms. The second-order valence-electron chi connectivity index (χ2n) is 15.0. The van der Waals surface area contributed by atoms with Crippen LogP contribution in [0.2, 0.25) is 0 Å². The van der Waals surface area contributed by atoms with Gasteiger partial charge >= 0.3 is 11.9 Å². The zero-order valence-corrected chi connectivity index (χ0v) is 29.7. The molecule has 4 rings (SSSR count). The maximum Gasteiger partial charge on any atom is 0.311 e. The van der Waals surface area contributed by atoms with E-state index >= 15 is 0 Å². The molecule has 13 atom stereocenters. The zero-order chi connectivity index (χ0) is 32.7. The van der Waals surface area contributed by atoms with E-state index in [9.17, 15) is 9.59 Å². The monoisotopic (exact) mass is 635 g/mol. The molecule has 4 aliphatic heterocycles. The predicted octanol–water partition coefficient (Wildman–Crippen LogP) is 7.10. The lowest BCUT2D eigenvalue weighted by Gasteiger charge is -2.38. The molecule has 0 saturated carbocycles. The minimum absolute atomic E-state index is 0.0184. The van der Waals surface area contributed by atoms with E-state index in [4.69, 9.17) is 23.7 Å². The molecule has 4 bridgehead atoms. The molecule has 0 radical (unpaired) electrons. The second kappa shape index (κ2) is 17.3. The molecule has 0 aromatic rings. The number of ether oxygens (including phenoxy) is 5. The van der Waals surface area contributed by atoms with Gasteiger partial charge in [-0.1, -0.05) is 47.0 Å². The highest BCUT2D eigenvalue weighted by Crippen LogP contribution is 2.40. The Bertz CT molecular complexity index is 928. The van der Waals surface area contributed by atoms with Crippen LogP contribution in [0.1, 0.15) is 131 Å². The molecule has 0 spiro atoms. The summed E-state index contributed by atoms with van der Waals surface area (Å²) in [6.07, 6.45) is 12.6. The molecule has 0 aromatic carbocycles. The molecular weight excluding hydrogens is 570 g/mol. The van der Waals surface area contributed by atoms with Gasteiger partial charge in [-0.05, 0) is 92.2 Å². The minimum atomic E-state index is -0.365. The number of esters is 2. The number of unbranched alkanes of at least 4 members (excludes halogenated alkanes) is 1. The Morgan fingerprint density at radius 2 is 1.42 bits per heavy atom. The summed E-state index contributed by atoms with van der Waals surface area (Å²) < 4.78 is 32.6. The summed E-state index contributed by atoms with van der Waals surface area (Å²) >= 11 is 0. The van der Waals surface area contributed by atoms with Gasteiger partial charge < -0.3 is 28.6 Å². The van der Waals surface area contributed by atoms with Crippen molar-refractivity contribution < 1.29 is 33.3 Å². The van der Waals surface area contributed by atoms with E-state index in [0.29, 0.717) is 12.5 Å². The summed E-state index contributed by atoms with van der Waals surface area (Å²) in [4.78, 5) is 29.6. The van der Waals surface area contributed by atoms with Gasteiger partial charge in [0.1, 0.15) is 12.2 Å². The first-order valence-electron chi connectivity index (χ1n) is 18.6. The highest BCUT2D eigenvalue weighted by molar-refractivity contribution is 5.73. The number of carbonyl (C=O) groups is 2. The van der Waals surface area contributed by atoms with Gasteiger partial charge in [0.2, 0.25) is 0 Å². The van der Waals surface area contributed by atoms with Crippen molar-refractivity contribution in [2.45, 2.75) is 186 Å². The van der Waals surface area contributed by atoms with E-state index in [-0.39, 0.29) is 84.4 Å². The molecule has 260 valence electrons. The number of hydrogen-bond acceptors (Lipinski definition) is 8. The third-order valence-electron chi connectivity index (χ3n) is 11.5. The highest BCUT2D eigenvalue weighted by Gasteiger charge is 2.46. The van der Waals surface area contributed by atoms with Crippen molar-refractivity contribution in [2.75, 3.05) is 14.1 Å². The van der Waals surface area contributed by atoms with Crippen LogP contribution in [0.25, 0.3) is 0 Å². The molecule has 0 aromatic heterocycles. The summed E-state index contributed by atoms with van der Waals surface area (Å²) in [5.74, 6) is -1.01. The van der Waals surface area contributed by atoms with E-state index in [0.717, 1.165) is 64.2 Å². The van der Waals surface area contributed by atoms with E-state index in [1.807, 2.05) is 13.8 Å². The van der Waals surface area contributed by atoms with Gasteiger partial charge in [-0.15, -0.1) is 0 Å². The van der Waals surface area contributed by atoms with E-state index < -0.39 is 0 Å². The van der Waals surface area contributed by atoms with Crippen LogP contribution >= 0.6 is 0 Å². The quantitative estimate of drug-likeness (QED) is 0.222. The fourth-order valence-corrected chi connectivity index (χ4v) is 8.43. The average molecular weight is 636 g/mol. The van der Waals surface area contributed by atoms with Crippen molar-refractivity contribution in [2.24, 2.45) is 23.7 Å². The van der Waals surface area contributed by atoms with Crippen LogP contribution in [-0.2, 0) is 33.3 Å². The Labute approximate surface area is 274 Å². The average Bonchev–Trinajstić information content (AvgIpc) is 3.79. The van der Waals surface area contributed by atoms with Crippen LogP contribution < -0.4 is 0 Å². The van der Waals surface area contributed by atoms with Gasteiger partial charge in [-0.2, -0.15) is 0 Å². The van der Waals surface area contributed by atoms with Crippen LogP contribution in [0.5, 0.6) is 0 Å². The van der Waals surface area contributed by atoms with Crippen LogP contribution in [0.15, 0.2) is 0 Å². The van der Waals surface area contributed by atoms with Gasteiger partial charge in [0.05, 0.1) is 48.5 Å². The Morgan fingerprint density at radius 3 is 2.09 bits per heavy atom. The number of fused-ring (bicyclic) bond motifs is 4. The summed E-state index contributed by atoms with van der Waals surface area (Å²) in [7, 11) is 4.36. The van der Waals surface area contributed by atoms with Gasteiger partial charge in [0.25, 0.3) is 0 Å². The number of rotatable bonds is 11. The van der Waals surface area contributed by atoms with Crippen molar-refractivity contribution in [3.8, 4) is 0 Å². The SMILES string of the molecule is CCCC[C@@H](C[C@@H]1CC[C@H]([C@@H](CC)[C@@H]2OC(=O)[C@@H](C)[C@H]3CC[C@@H](C[C@@H](CCC)OC(=O)[C@H](C)[C@H]4CC[C@@H](O4)[C@H]2C)O3)O1)N(C)C. The normalized spacial score (nSPS) is 39.5. The summed E-state index contributed by atoms with van der Waals surface area (Å²) in [5, 5.41) is 0. The first kappa shape index (κ1) is 36.6. The van der Waals surface area contributed by atoms with Crippen LogP contribution in [0.3, 0.4) is 0 Å². The maximum atomic E-state index is 13.9. The lowest BCUT2D eigenvalue weighted by Crippen LogP contribution is -2.45. The van der Waals surface area contributed by atoms with Crippen molar-refractivity contribution in [3.05, 3.63) is 0 Å². The summed E-state index contributed by atoms with van der Waals surface area (Å²) in [6, 6.07) is 0.513. The molecule has 4 aliphatic rings. The predicted molar refractivity (Wildman–Crippen MR) is 176 cm³/mol. The Morgan fingerprint density at radius 1 is 0.756 bits per heavy atom. The van der Waals surface area contributed by atoms with Crippen molar-refractivity contribution in [1.29, 1.82) is 0 Å². The summed E-state index contributed by atoms with van der Waals surface area (Å²) in [5.41, 5.74) is 0. The fraction of sp³-hybridized carbons (Fsp3) is 0.946. The number of hydrogen-bond donors (Lipinski definition) is 0. The zero-order valence-electron chi connectivity index (χ0n) is 29.7. The van der Waals surface area contributed by atoms with Crippen LogP contribution in [0, 0.1) is 23.7 Å². The lowest BCUT2D eigenvalue weighted by molar-refractivity contribution is -0.176. The lowest BCUT2D eigenvalue weighted by atomic mass is 9.81. The number of carbonyl (C=O) groups excluding carboxylic acids is 2. The Balaban J connectivity index is 1.53. The van der Waals surface area contributed by atoms with E-state index in [1.165, 1.54) is 19.3 Å². The van der Waals surface area contributed by atoms with Gasteiger partial charge in [-0.25, -0.2) is 0 Å². The molecule has 8 nitrogen and oxygen atoms in total. The van der Waals surface area contributed by atoms with Crippen LogP contribution in [-0.4, -0.2) is 85.8 Å². The van der Waals surface area contributed by atoms with Crippen molar-refractivity contribution in [3.63, 3.8) is 0 Å². The largest absolute Gasteiger partial charge is 0.462 e. The van der Waals surface area contributed by atoms with Gasteiger partial charge in [0.15, 0.2) is 0 Å². The minimum Gasteiger partial charge on any atom is -0.462 e. The Hall–Kier alpha value is -1.22. The third-order valence-corrected chi connectivity index (χ3v) is 11.5. The molecular formula is C37H65NO7. The highest BCUT2D eigenvalue weighted by atomic mass is 16.6. The summed E-state index contributed by atoms with van der Waals surface area (Å²) in [6.45, 7) is 12.6. The topological polar surface area (TPSA) is 83.5 Å².